The number of hydrogen-bond acceptors (Lipinski definition) is 9. The number of ether oxygens (including phenoxy) is 2. The lowest BCUT2D eigenvalue weighted by Crippen LogP contribution is -2.34. The number of phosphoric ester groups is 1. The summed E-state index contributed by atoms with van der Waals surface area (Å²) in [5.41, 5.74) is 5.32. The molecule has 12 heteroatoms. The highest BCUT2D eigenvalue weighted by molar-refractivity contribution is 7.47. The van der Waals surface area contributed by atoms with Crippen molar-refractivity contribution in [3.63, 3.8) is 0 Å². The Balaban J connectivity index is 4.40. The molecule has 3 atom stereocenters. The Morgan fingerprint density at radius 3 is 1.51 bits per heavy atom. The van der Waals surface area contributed by atoms with Gasteiger partial charge in [0.2, 0.25) is 0 Å². The highest BCUT2D eigenvalue weighted by Gasteiger charge is 2.28. The van der Waals surface area contributed by atoms with Crippen LogP contribution in [0.5, 0.6) is 0 Å². The van der Waals surface area contributed by atoms with Crippen LogP contribution in [-0.2, 0) is 37.5 Å². The predicted octanol–water partition coefficient (Wildman–Crippen LogP) is 10.7. The molecule has 0 radical (unpaired) electrons. The van der Waals surface area contributed by atoms with Crippen LogP contribution in [0.1, 0.15) is 187 Å². The Morgan fingerprint density at radius 1 is 0.585 bits per heavy atom. The second-order valence-electron chi connectivity index (χ2n) is 14.1. The lowest BCUT2D eigenvalue weighted by atomic mass is 10.0. The molecule has 0 saturated carbocycles. The largest absolute Gasteiger partial charge is 0.480 e. The quantitative estimate of drug-likeness (QED) is 0.0235. The fraction of sp³-hybridized carbons (Fsp3) is 0.829. The van der Waals surface area contributed by atoms with Crippen LogP contribution in [0.25, 0.3) is 0 Å². The monoisotopic (exact) mass is 774 g/mol. The summed E-state index contributed by atoms with van der Waals surface area (Å²) in [6, 6.07) is -1.52. The average molecular weight is 774 g/mol. The number of esters is 2. The molecule has 0 aliphatic carbocycles. The standard InChI is InChI=1S/C41H76NO10P/c1-3-5-7-9-11-13-15-17-19-21-22-24-26-28-30-32-39(43)49-34-37(35-50-53(47,48)51-36-38(42)41(45)46)52-40(44)33-31-29-27-25-23-20-18-16-14-12-10-8-6-4-2/h11,13,17,19,37-38H,3-10,12,14-16,18,20-36,42H2,1-2H3,(H,45,46)(H,47,48)/b13-11-,19-17-/t37-,38+/m1/s1. The van der Waals surface area contributed by atoms with Crippen molar-refractivity contribution in [2.24, 2.45) is 5.73 Å². The maximum Gasteiger partial charge on any atom is 0.472 e. The van der Waals surface area contributed by atoms with Crippen molar-refractivity contribution in [3.05, 3.63) is 24.3 Å². The van der Waals surface area contributed by atoms with E-state index >= 15 is 0 Å². The second-order valence-corrected chi connectivity index (χ2v) is 15.6. The molecule has 0 amide bonds. The predicted molar refractivity (Wildman–Crippen MR) is 212 cm³/mol. The molecule has 11 nitrogen and oxygen atoms in total. The van der Waals surface area contributed by atoms with E-state index < -0.39 is 51.1 Å². The number of allylic oxidation sites excluding steroid dienone is 4. The molecule has 53 heavy (non-hydrogen) atoms. The van der Waals surface area contributed by atoms with E-state index in [0.29, 0.717) is 12.8 Å². The third kappa shape index (κ3) is 36.7. The molecule has 0 heterocycles. The van der Waals surface area contributed by atoms with E-state index in [-0.39, 0.29) is 19.4 Å². The number of carbonyl (C=O) groups excluding carboxylic acids is 2. The van der Waals surface area contributed by atoms with Crippen LogP contribution in [0, 0.1) is 0 Å². The van der Waals surface area contributed by atoms with E-state index in [1.807, 2.05) is 0 Å². The minimum absolute atomic E-state index is 0.162. The second kappa shape index (κ2) is 36.9. The van der Waals surface area contributed by atoms with E-state index in [2.05, 4.69) is 42.7 Å². The highest BCUT2D eigenvalue weighted by atomic mass is 31.2. The Hall–Kier alpha value is -2.04. The first kappa shape index (κ1) is 51.0. The lowest BCUT2D eigenvalue weighted by molar-refractivity contribution is -0.161. The van der Waals surface area contributed by atoms with E-state index in [0.717, 1.165) is 64.2 Å². The van der Waals surface area contributed by atoms with Gasteiger partial charge in [0.1, 0.15) is 12.6 Å². The zero-order chi connectivity index (χ0) is 39.3. The smallest absolute Gasteiger partial charge is 0.472 e. The van der Waals surface area contributed by atoms with Crippen LogP contribution in [0.2, 0.25) is 0 Å². The van der Waals surface area contributed by atoms with Gasteiger partial charge < -0.3 is 25.2 Å². The maximum absolute atomic E-state index is 12.6. The molecule has 0 saturated heterocycles. The van der Waals surface area contributed by atoms with E-state index in [9.17, 15) is 23.8 Å². The Morgan fingerprint density at radius 2 is 1.00 bits per heavy atom. The molecule has 0 aliphatic rings. The minimum Gasteiger partial charge on any atom is -0.480 e. The third-order valence-corrected chi connectivity index (χ3v) is 9.90. The number of nitrogens with two attached hydrogens (primary N) is 1. The van der Waals surface area contributed by atoms with Crippen molar-refractivity contribution >= 4 is 25.7 Å². The van der Waals surface area contributed by atoms with Crippen LogP contribution in [0.4, 0.5) is 0 Å². The summed E-state index contributed by atoms with van der Waals surface area (Å²) in [6.07, 6.45) is 36.7. The molecule has 0 fully saturated rings. The molecular formula is C41H76NO10P. The summed E-state index contributed by atoms with van der Waals surface area (Å²) in [5, 5.41) is 8.87. The average Bonchev–Trinajstić information content (AvgIpc) is 3.13. The van der Waals surface area contributed by atoms with Gasteiger partial charge in [0.05, 0.1) is 13.2 Å². The molecule has 0 aromatic heterocycles. The number of hydrogen-bond donors (Lipinski definition) is 3. The number of unbranched alkanes of at least 4 members (excludes halogenated alkanes) is 21. The summed E-state index contributed by atoms with van der Waals surface area (Å²) in [4.78, 5) is 45.9. The van der Waals surface area contributed by atoms with Crippen molar-refractivity contribution in [3.8, 4) is 0 Å². The van der Waals surface area contributed by atoms with Gasteiger partial charge in [0.25, 0.3) is 0 Å². The number of carbonyl (C=O) groups is 3. The molecule has 0 aromatic rings. The summed E-state index contributed by atoms with van der Waals surface area (Å²) in [5.74, 6) is -2.39. The molecular weight excluding hydrogens is 697 g/mol. The summed E-state index contributed by atoms with van der Waals surface area (Å²) >= 11 is 0. The highest BCUT2D eigenvalue weighted by Crippen LogP contribution is 2.43. The zero-order valence-electron chi connectivity index (χ0n) is 33.4. The Kier molecular flexibility index (Phi) is 35.5. The van der Waals surface area contributed by atoms with Crippen molar-refractivity contribution in [2.75, 3.05) is 19.8 Å². The number of carboxylic acid groups (broad SMARTS) is 1. The first-order valence-electron chi connectivity index (χ1n) is 20.9. The molecule has 0 spiro atoms. The van der Waals surface area contributed by atoms with E-state index in [4.69, 9.17) is 24.8 Å². The van der Waals surface area contributed by atoms with Gasteiger partial charge in [0.15, 0.2) is 6.10 Å². The number of aliphatic carboxylic acids is 1. The minimum atomic E-state index is -4.71. The molecule has 1 unspecified atom stereocenters. The van der Waals surface area contributed by atoms with Gasteiger partial charge in [-0.25, -0.2) is 4.57 Å². The molecule has 0 bridgehead atoms. The first-order valence-corrected chi connectivity index (χ1v) is 22.4. The van der Waals surface area contributed by atoms with Crippen molar-refractivity contribution in [2.45, 2.75) is 199 Å². The molecule has 0 aliphatic heterocycles. The number of rotatable bonds is 39. The van der Waals surface area contributed by atoms with Gasteiger partial charge in [0, 0.05) is 12.8 Å². The van der Waals surface area contributed by atoms with Gasteiger partial charge in [-0.3, -0.25) is 23.4 Å². The topological polar surface area (TPSA) is 172 Å². The van der Waals surface area contributed by atoms with Gasteiger partial charge in [-0.05, 0) is 44.9 Å². The van der Waals surface area contributed by atoms with Gasteiger partial charge in [-0.15, -0.1) is 0 Å². The number of phosphoric acid groups is 1. The molecule has 4 N–H and O–H groups in total. The lowest BCUT2D eigenvalue weighted by Gasteiger charge is -2.20. The summed E-state index contributed by atoms with van der Waals surface area (Å²) in [7, 11) is -4.71. The molecule has 0 aromatic carbocycles. The molecule has 310 valence electrons. The molecule has 0 rings (SSSR count). The Bertz CT molecular complexity index is 1010. The van der Waals surface area contributed by atoms with Gasteiger partial charge in [-0.2, -0.15) is 0 Å². The van der Waals surface area contributed by atoms with Crippen LogP contribution >= 0.6 is 7.82 Å². The summed E-state index contributed by atoms with van der Waals surface area (Å²) in [6.45, 7) is 2.76. The fourth-order valence-electron chi connectivity index (χ4n) is 5.62. The van der Waals surface area contributed by atoms with Crippen molar-refractivity contribution in [1.29, 1.82) is 0 Å². The Labute approximate surface area is 321 Å². The number of carboxylic acids is 1. The third-order valence-electron chi connectivity index (χ3n) is 8.95. The van der Waals surface area contributed by atoms with E-state index in [1.165, 1.54) is 83.5 Å². The fourth-order valence-corrected chi connectivity index (χ4v) is 6.40. The summed E-state index contributed by atoms with van der Waals surface area (Å²) < 4.78 is 32.6. The van der Waals surface area contributed by atoms with Crippen LogP contribution in [0.3, 0.4) is 0 Å². The maximum atomic E-state index is 12.6. The zero-order valence-corrected chi connectivity index (χ0v) is 34.3. The van der Waals surface area contributed by atoms with Crippen LogP contribution in [-0.4, -0.2) is 59.9 Å². The normalized spacial score (nSPS) is 14.0. The first-order chi connectivity index (χ1) is 25.6. The van der Waals surface area contributed by atoms with Crippen molar-refractivity contribution < 1.29 is 47.5 Å². The SMILES string of the molecule is CCCCC/C=C\C/C=C\CCCCCCCC(=O)OC[C@H](COP(=O)(O)OC[C@H](N)C(=O)O)OC(=O)CCCCCCCCCCCCCCCC. The van der Waals surface area contributed by atoms with Gasteiger partial charge in [-0.1, -0.05) is 154 Å². The van der Waals surface area contributed by atoms with Crippen LogP contribution in [0.15, 0.2) is 24.3 Å². The van der Waals surface area contributed by atoms with Crippen LogP contribution < -0.4 is 5.73 Å². The van der Waals surface area contributed by atoms with E-state index in [1.54, 1.807) is 0 Å². The van der Waals surface area contributed by atoms with Crippen molar-refractivity contribution in [1.82, 2.24) is 0 Å². The van der Waals surface area contributed by atoms with Gasteiger partial charge >= 0.3 is 25.7 Å².